The van der Waals surface area contributed by atoms with Crippen LogP contribution in [0.5, 0.6) is 5.75 Å². The van der Waals surface area contributed by atoms with Gasteiger partial charge in [-0.25, -0.2) is 8.42 Å². The van der Waals surface area contributed by atoms with E-state index >= 15 is 0 Å². The number of carbonyl (C=O) groups excluding carboxylic acids is 2. The van der Waals surface area contributed by atoms with Crippen LogP contribution in [0.3, 0.4) is 0 Å². The average molecular weight is 478 g/mol. The molecule has 0 unspecified atom stereocenters. The molecule has 0 saturated carbocycles. The molecule has 0 aromatic heterocycles. The number of rotatable bonds is 7. The van der Waals surface area contributed by atoms with Gasteiger partial charge in [0.25, 0.3) is 5.91 Å². The van der Waals surface area contributed by atoms with Crippen LogP contribution in [0.15, 0.2) is 83.8 Å². The highest BCUT2D eigenvalue weighted by Crippen LogP contribution is 2.30. The van der Waals surface area contributed by atoms with Gasteiger partial charge in [-0.05, 0) is 54.6 Å². The van der Waals surface area contributed by atoms with Crippen molar-refractivity contribution in [3.63, 3.8) is 0 Å². The zero-order valence-corrected chi connectivity index (χ0v) is 17.6. The van der Waals surface area contributed by atoms with Crippen LogP contribution in [-0.2, 0) is 21.0 Å². The first-order valence-corrected chi connectivity index (χ1v) is 10.9. The SMILES string of the molecule is O=C(CNS(=O)(=O)c1cccc(C(F)(F)F)c1)Oc1ccc(NC(=O)c2ccccc2)cc1. The Bertz CT molecular complexity index is 1250. The van der Waals surface area contributed by atoms with E-state index in [0.717, 1.165) is 18.2 Å². The first kappa shape index (κ1) is 24.0. The summed E-state index contributed by atoms with van der Waals surface area (Å²) in [4.78, 5) is 23.5. The molecule has 11 heteroatoms. The molecule has 0 fully saturated rings. The van der Waals surface area contributed by atoms with Gasteiger partial charge < -0.3 is 10.1 Å². The normalized spacial score (nSPS) is 11.6. The maximum Gasteiger partial charge on any atom is 0.416 e. The lowest BCUT2D eigenvalue weighted by Crippen LogP contribution is -2.32. The fraction of sp³-hybridized carbons (Fsp3) is 0.0909. The van der Waals surface area contributed by atoms with Crippen molar-refractivity contribution in [2.24, 2.45) is 0 Å². The second-order valence-electron chi connectivity index (χ2n) is 6.67. The maximum absolute atomic E-state index is 12.8. The Morgan fingerprint density at radius 1 is 0.879 bits per heavy atom. The second kappa shape index (κ2) is 9.84. The van der Waals surface area contributed by atoms with Crippen LogP contribution in [0.1, 0.15) is 15.9 Å². The molecule has 0 aliphatic carbocycles. The third-order valence-electron chi connectivity index (χ3n) is 4.26. The van der Waals surface area contributed by atoms with Gasteiger partial charge in [-0.15, -0.1) is 0 Å². The fourth-order valence-electron chi connectivity index (χ4n) is 2.64. The molecule has 0 spiro atoms. The Kier molecular flexibility index (Phi) is 7.14. The first-order chi connectivity index (χ1) is 15.5. The minimum Gasteiger partial charge on any atom is -0.426 e. The Balaban J connectivity index is 1.56. The average Bonchev–Trinajstić information content (AvgIpc) is 2.79. The third kappa shape index (κ3) is 6.64. The van der Waals surface area contributed by atoms with Crippen LogP contribution < -0.4 is 14.8 Å². The summed E-state index contributed by atoms with van der Waals surface area (Å²) in [6.45, 7) is -0.801. The molecule has 0 heterocycles. The number of esters is 1. The minimum atomic E-state index is -4.71. The minimum absolute atomic E-state index is 0.0796. The highest BCUT2D eigenvalue weighted by atomic mass is 32.2. The lowest BCUT2D eigenvalue weighted by atomic mass is 10.2. The predicted molar refractivity (Wildman–Crippen MR) is 113 cm³/mol. The maximum atomic E-state index is 12.8. The van der Waals surface area contributed by atoms with Crippen LogP contribution >= 0.6 is 0 Å². The van der Waals surface area contributed by atoms with Gasteiger partial charge in [0.15, 0.2) is 0 Å². The molecule has 2 N–H and O–H groups in total. The number of ether oxygens (including phenoxy) is 1. The molecular formula is C22H17F3N2O5S. The Morgan fingerprint density at radius 2 is 1.55 bits per heavy atom. The van der Waals surface area contributed by atoms with Crippen molar-refractivity contribution in [1.82, 2.24) is 4.72 Å². The van der Waals surface area contributed by atoms with Crippen LogP contribution in [0.4, 0.5) is 18.9 Å². The van der Waals surface area contributed by atoms with Crippen molar-refractivity contribution in [2.45, 2.75) is 11.1 Å². The molecule has 3 rings (SSSR count). The van der Waals surface area contributed by atoms with Gasteiger partial charge >= 0.3 is 12.1 Å². The topological polar surface area (TPSA) is 102 Å². The van der Waals surface area contributed by atoms with E-state index in [-0.39, 0.29) is 11.7 Å². The van der Waals surface area contributed by atoms with E-state index in [9.17, 15) is 31.2 Å². The van der Waals surface area contributed by atoms with Crippen molar-refractivity contribution in [2.75, 3.05) is 11.9 Å². The van der Waals surface area contributed by atoms with Crippen LogP contribution in [-0.4, -0.2) is 26.8 Å². The molecule has 3 aromatic rings. The molecule has 1 amide bonds. The number of alkyl halides is 3. The van der Waals surface area contributed by atoms with E-state index in [1.54, 1.807) is 30.3 Å². The Hall–Kier alpha value is -3.70. The Labute approximate surface area is 187 Å². The first-order valence-electron chi connectivity index (χ1n) is 9.39. The number of amides is 1. The van der Waals surface area contributed by atoms with Gasteiger partial charge in [0.05, 0.1) is 10.5 Å². The smallest absolute Gasteiger partial charge is 0.416 e. The summed E-state index contributed by atoms with van der Waals surface area (Å²) in [5, 5.41) is 2.67. The van der Waals surface area contributed by atoms with Crippen LogP contribution in [0.25, 0.3) is 0 Å². The quantitative estimate of drug-likeness (QED) is 0.397. The van der Waals surface area contributed by atoms with E-state index in [2.05, 4.69) is 5.32 Å². The fourth-order valence-corrected chi connectivity index (χ4v) is 3.66. The number of benzene rings is 3. The number of hydrogen-bond donors (Lipinski definition) is 2. The molecule has 0 aliphatic heterocycles. The third-order valence-corrected chi connectivity index (χ3v) is 5.66. The summed E-state index contributed by atoms with van der Waals surface area (Å²) in [5.74, 6) is -1.23. The lowest BCUT2D eigenvalue weighted by Gasteiger charge is -2.10. The van der Waals surface area contributed by atoms with Crippen molar-refractivity contribution in [1.29, 1.82) is 0 Å². The molecule has 33 heavy (non-hydrogen) atoms. The van der Waals surface area contributed by atoms with Gasteiger partial charge in [-0.3, -0.25) is 9.59 Å². The van der Waals surface area contributed by atoms with Gasteiger partial charge in [-0.1, -0.05) is 24.3 Å². The van der Waals surface area contributed by atoms with Gasteiger partial charge in [0, 0.05) is 11.3 Å². The number of halogens is 3. The van der Waals surface area contributed by atoms with Gasteiger partial charge in [0.1, 0.15) is 12.3 Å². The zero-order chi connectivity index (χ0) is 24.1. The van der Waals surface area contributed by atoms with E-state index in [1.165, 1.54) is 24.3 Å². The summed E-state index contributed by atoms with van der Waals surface area (Å²) in [5.41, 5.74) is -0.234. The highest BCUT2D eigenvalue weighted by Gasteiger charge is 2.31. The summed E-state index contributed by atoms with van der Waals surface area (Å²) in [6.07, 6.45) is -4.71. The molecule has 7 nitrogen and oxygen atoms in total. The van der Waals surface area contributed by atoms with E-state index in [4.69, 9.17) is 4.74 Å². The molecule has 0 aliphatic rings. The predicted octanol–water partition coefficient (Wildman–Crippen LogP) is 3.84. The van der Waals surface area contributed by atoms with Gasteiger partial charge in [-0.2, -0.15) is 17.9 Å². The van der Waals surface area contributed by atoms with E-state index < -0.39 is 39.2 Å². The molecule has 172 valence electrons. The number of carbonyl (C=O) groups is 2. The standard InChI is InChI=1S/C22H17F3N2O5S/c23-22(24,25)16-7-4-8-19(13-16)33(30,31)26-14-20(28)32-18-11-9-17(10-12-18)27-21(29)15-5-2-1-3-6-15/h1-13,26H,14H2,(H,27,29). The number of hydrogen-bond acceptors (Lipinski definition) is 5. The van der Waals surface area contributed by atoms with E-state index in [1.807, 2.05) is 4.72 Å². The highest BCUT2D eigenvalue weighted by molar-refractivity contribution is 7.89. The summed E-state index contributed by atoms with van der Waals surface area (Å²) in [7, 11) is -4.38. The van der Waals surface area contributed by atoms with Crippen molar-refractivity contribution >= 4 is 27.6 Å². The van der Waals surface area contributed by atoms with Crippen LogP contribution in [0.2, 0.25) is 0 Å². The molecule has 3 aromatic carbocycles. The number of nitrogens with one attached hydrogen (secondary N) is 2. The summed E-state index contributed by atoms with van der Waals surface area (Å²) < 4.78 is 69.7. The van der Waals surface area contributed by atoms with Crippen molar-refractivity contribution < 1.29 is 35.9 Å². The van der Waals surface area contributed by atoms with Gasteiger partial charge in [0.2, 0.25) is 10.0 Å². The monoisotopic (exact) mass is 478 g/mol. The molecule has 0 saturated heterocycles. The molecule has 0 atom stereocenters. The largest absolute Gasteiger partial charge is 0.426 e. The Morgan fingerprint density at radius 3 is 2.18 bits per heavy atom. The zero-order valence-electron chi connectivity index (χ0n) is 16.8. The molecular weight excluding hydrogens is 461 g/mol. The van der Waals surface area contributed by atoms with Crippen molar-refractivity contribution in [3.05, 3.63) is 90.0 Å². The summed E-state index contributed by atoms with van der Waals surface area (Å²) >= 11 is 0. The number of anilines is 1. The van der Waals surface area contributed by atoms with Crippen molar-refractivity contribution in [3.8, 4) is 5.75 Å². The number of sulfonamides is 1. The van der Waals surface area contributed by atoms with Crippen LogP contribution in [0, 0.1) is 0 Å². The lowest BCUT2D eigenvalue weighted by molar-refractivity contribution is -0.137. The van der Waals surface area contributed by atoms with E-state index in [0.29, 0.717) is 17.3 Å². The molecule has 0 bridgehead atoms. The second-order valence-corrected chi connectivity index (χ2v) is 8.44. The molecule has 0 radical (unpaired) electrons. The summed E-state index contributed by atoms with van der Waals surface area (Å²) in [6, 6.07) is 17.4.